The molecule has 1 heterocycles. The number of hydrogen-bond donors (Lipinski definition) is 1. The van der Waals surface area contributed by atoms with Gasteiger partial charge in [-0.25, -0.2) is 4.39 Å². The van der Waals surface area contributed by atoms with Crippen molar-refractivity contribution < 1.29 is 9.13 Å². The smallest absolute Gasteiger partial charge is 0.165 e. The van der Waals surface area contributed by atoms with E-state index in [4.69, 9.17) is 16.3 Å². The van der Waals surface area contributed by atoms with Crippen molar-refractivity contribution in [1.29, 1.82) is 0 Å². The first-order valence-corrected chi connectivity index (χ1v) is 8.57. The van der Waals surface area contributed by atoms with Crippen LogP contribution in [0, 0.1) is 5.82 Å². The van der Waals surface area contributed by atoms with Crippen LogP contribution in [0.1, 0.15) is 29.8 Å². The van der Waals surface area contributed by atoms with Crippen molar-refractivity contribution in [2.75, 3.05) is 13.7 Å². The summed E-state index contributed by atoms with van der Waals surface area (Å²) in [4.78, 5) is 1.08. The number of benzene rings is 1. The zero-order valence-corrected chi connectivity index (χ0v) is 14.9. The van der Waals surface area contributed by atoms with E-state index in [0.717, 1.165) is 27.2 Å². The molecule has 2 nitrogen and oxygen atoms in total. The van der Waals surface area contributed by atoms with Gasteiger partial charge in [-0.3, -0.25) is 0 Å². The molecule has 0 spiro atoms. The van der Waals surface area contributed by atoms with Gasteiger partial charge < -0.3 is 10.1 Å². The van der Waals surface area contributed by atoms with E-state index in [1.54, 1.807) is 23.5 Å². The molecule has 1 aromatic carbocycles. The second kappa shape index (κ2) is 7.58. The average Bonchev–Trinajstić information content (AvgIpc) is 2.80. The van der Waals surface area contributed by atoms with Crippen molar-refractivity contribution in [3.63, 3.8) is 0 Å². The van der Waals surface area contributed by atoms with Crippen molar-refractivity contribution in [3.05, 3.63) is 49.3 Å². The van der Waals surface area contributed by atoms with E-state index in [1.807, 2.05) is 6.07 Å². The van der Waals surface area contributed by atoms with Gasteiger partial charge in [0.2, 0.25) is 0 Å². The predicted octanol–water partition coefficient (Wildman–Crippen LogP) is 5.40. The van der Waals surface area contributed by atoms with E-state index in [0.29, 0.717) is 5.02 Å². The van der Waals surface area contributed by atoms with E-state index >= 15 is 0 Å². The first kappa shape index (κ1) is 16.7. The minimum absolute atomic E-state index is 0.0340. The summed E-state index contributed by atoms with van der Waals surface area (Å²) >= 11 is 11.1. The van der Waals surface area contributed by atoms with Crippen molar-refractivity contribution in [3.8, 4) is 5.75 Å². The second-order valence-corrected chi connectivity index (χ2v) is 7.36. The maximum absolute atomic E-state index is 13.6. The fourth-order valence-electron chi connectivity index (χ4n) is 2.03. The van der Waals surface area contributed by atoms with Gasteiger partial charge in [-0.05, 0) is 52.7 Å². The summed E-state index contributed by atoms with van der Waals surface area (Å²) in [5.41, 5.74) is 0.951. The summed E-state index contributed by atoms with van der Waals surface area (Å²) in [5, 5.41) is 4.15. The van der Waals surface area contributed by atoms with E-state index in [-0.39, 0.29) is 17.6 Å². The van der Waals surface area contributed by atoms with Crippen molar-refractivity contribution in [2.45, 2.75) is 19.4 Å². The molecule has 114 valence electrons. The molecule has 0 aliphatic carbocycles. The zero-order valence-electron chi connectivity index (χ0n) is 11.8. The van der Waals surface area contributed by atoms with Gasteiger partial charge in [-0.2, -0.15) is 0 Å². The fraction of sp³-hybridized carbons (Fsp3) is 0.333. The van der Waals surface area contributed by atoms with Crippen LogP contribution in [0.5, 0.6) is 5.75 Å². The maximum Gasteiger partial charge on any atom is 0.165 e. The molecular weight excluding hydrogens is 377 g/mol. The Balaban J connectivity index is 2.39. The summed E-state index contributed by atoms with van der Waals surface area (Å²) in [7, 11) is 1.47. The SMILES string of the molecule is CCCNC(c1ccc(F)c(OC)c1)c1cc(Cl)c(Br)s1. The van der Waals surface area contributed by atoms with Crippen LogP contribution in [0.4, 0.5) is 4.39 Å². The Morgan fingerprint density at radius 2 is 2.19 bits per heavy atom. The molecule has 1 atom stereocenters. The van der Waals surface area contributed by atoms with Gasteiger partial charge in [-0.1, -0.05) is 24.6 Å². The van der Waals surface area contributed by atoms with Gasteiger partial charge in [-0.15, -0.1) is 11.3 Å². The lowest BCUT2D eigenvalue weighted by atomic mass is 10.0. The van der Waals surface area contributed by atoms with Gasteiger partial charge in [0.1, 0.15) is 0 Å². The maximum atomic E-state index is 13.6. The van der Waals surface area contributed by atoms with E-state index in [2.05, 4.69) is 28.2 Å². The molecule has 0 saturated carbocycles. The molecule has 0 radical (unpaired) electrons. The second-order valence-electron chi connectivity index (χ2n) is 4.55. The van der Waals surface area contributed by atoms with Gasteiger partial charge in [0.05, 0.1) is 22.0 Å². The molecule has 0 amide bonds. The minimum atomic E-state index is -0.360. The van der Waals surface area contributed by atoms with Crippen LogP contribution >= 0.6 is 38.9 Å². The molecule has 0 saturated heterocycles. The molecule has 6 heteroatoms. The van der Waals surface area contributed by atoms with Crippen LogP contribution in [0.2, 0.25) is 5.02 Å². The van der Waals surface area contributed by atoms with E-state index < -0.39 is 0 Å². The topological polar surface area (TPSA) is 21.3 Å². The fourth-order valence-corrected chi connectivity index (χ4v) is 3.88. The number of ether oxygens (including phenoxy) is 1. The number of hydrogen-bond acceptors (Lipinski definition) is 3. The lowest BCUT2D eigenvalue weighted by Gasteiger charge is -2.18. The lowest BCUT2D eigenvalue weighted by molar-refractivity contribution is 0.385. The first-order chi connectivity index (χ1) is 10.1. The van der Waals surface area contributed by atoms with Crippen LogP contribution in [-0.2, 0) is 0 Å². The van der Waals surface area contributed by atoms with Gasteiger partial charge in [0, 0.05) is 4.88 Å². The normalized spacial score (nSPS) is 12.4. The quantitative estimate of drug-likeness (QED) is 0.710. The predicted molar refractivity (Wildman–Crippen MR) is 90.1 cm³/mol. The highest BCUT2D eigenvalue weighted by Gasteiger charge is 2.19. The Labute approximate surface area is 141 Å². The van der Waals surface area contributed by atoms with Crippen LogP contribution < -0.4 is 10.1 Å². The van der Waals surface area contributed by atoms with E-state index in [1.165, 1.54) is 13.2 Å². The molecule has 0 bridgehead atoms. The van der Waals surface area contributed by atoms with Crippen LogP contribution in [0.25, 0.3) is 0 Å². The van der Waals surface area contributed by atoms with Gasteiger partial charge in [0.15, 0.2) is 11.6 Å². The molecule has 0 aliphatic heterocycles. The molecule has 0 fully saturated rings. The molecule has 2 rings (SSSR count). The largest absolute Gasteiger partial charge is 0.494 e. The van der Waals surface area contributed by atoms with Crippen molar-refractivity contribution in [2.24, 2.45) is 0 Å². The van der Waals surface area contributed by atoms with Crippen LogP contribution in [-0.4, -0.2) is 13.7 Å². The Bertz CT molecular complexity index is 600. The highest BCUT2D eigenvalue weighted by Crippen LogP contribution is 2.38. The number of halogens is 3. The first-order valence-electron chi connectivity index (χ1n) is 6.58. The van der Waals surface area contributed by atoms with Crippen LogP contribution in [0.3, 0.4) is 0 Å². The number of rotatable bonds is 6. The molecule has 1 N–H and O–H groups in total. The third kappa shape index (κ3) is 3.97. The summed E-state index contributed by atoms with van der Waals surface area (Å²) in [6, 6.07) is 6.82. The van der Waals surface area contributed by atoms with Crippen molar-refractivity contribution in [1.82, 2.24) is 5.32 Å². The average molecular weight is 393 g/mol. The summed E-state index contributed by atoms with van der Waals surface area (Å²) < 4.78 is 19.6. The minimum Gasteiger partial charge on any atom is -0.494 e. The van der Waals surface area contributed by atoms with Crippen LogP contribution in [0.15, 0.2) is 28.1 Å². The third-order valence-electron chi connectivity index (χ3n) is 3.06. The third-order valence-corrected chi connectivity index (χ3v) is 5.60. The summed E-state index contributed by atoms with van der Waals surface area (Å²) in [5.74, 6) is -0.113. The molecule has 0 aliphatic rings. The molecule has 1 aromatic heterocycles. The Morgan fingerprint density at radius 3 is 2.76 bits per heavy atom. The monoisotopic (exact) mass is 391 g/mol. The summed E-state index contributed by atoms with van der Waals surface area (Å²) in [6.07, 6.45) is 1.01. The van der Waals surface area contributed by atoms with Gasteiger partial charge >= 0.3 is 0 Å². The Hall–Kier alpha value is -0.620. The number of nitrogens with one attached hydrogen (secondary N) is 1. The van der Waals surface area contributed by atoms with E-state index in [9.17, 15) is 4.39 Å². The molecular formula is C15H16BrClFNOS. The standard InChI is InChI=1S/C15H16BrClFNOS/c1-3-6-19-14(13-8-10(17)15(16)21-13)9-4-5-11(18)12(7-9)20-2/h4-5,7-8,14,19H,3,6H2,1-2H3. The van der Waals surface area contributed by atoms with Crippen molar-refractivity contribution >= 4 is 38.9 Å². The molecule has 21 heavy (non-hydrogen) atoms. The summed E-state index contributed by atoms with van der Waals surface area (Å²) in [6.45, 7) is 2.96. The lowest BCUT2D eigenvalue weighted by Crippen LogP contribution is -2.22. The van der Waals surface area contributed by atoms with Gasteiger partial charge in [0.25, 0.3) is 0 Å². The molecule has 1 unspecified atom stereocenters. The Kier molecular flexibility index (Phi) is 6.05. The zero-order chi connectivity index (χ0) is 15.4. The highest BCUT2D eigenvalue weighted by atomic mass is 79.9. The number of thiophene rings is 1. The number of methoxy groups -OCH3 is 1. The Morgan fingerprint density at radius 1 is 1.43 bits per heavy atom. The highest BCUT2D eigenvalue weighted by molar-refractivity contribution is 9.11. The molecule has 2 aromatic rings.